The number of anilines is 1. The van der Waals surface area contributed by atoms with E-state index in [2.05, 4.69) is 20.6 Å². The molecule has 3 N–H and O–H groups in total. The monoisotopic (exact) mass is 236 g/mol. The number of hydrazine groups is 1. The summed E-state index contributed by atoms with van der Waals surface area (Å²) in [6, 6.07) is 3.85. The average Bonchev–Trinajstić information content (AvgIpc) is 2.72. The van der Waals surface area contributed by atoms with Gasteiger partial charge in [0.2, 0.25) is 0 Å². The van der Waals surface area contributed by atoms with E-state index >= 15 is 0 Å². The van der Waals surface area contributed by atoms with Crippen LogP contribution >= 0.6 is 11.8 Å². The van der Waals surface area contributed by atoms with Crippen LogP contribution in [0.1, 0.15) is 5.56 Å². The van der Waals surface area contributed by atoms with Gasteiger partial charge in [-0.1, -0.05) is 11.8 Å². The molecule has 0 aliphatic heterocycles. The second-order valence-electron chi connectivity index (χ2n) is 3.21. The van der Waals surface area contributed by atoms with Crippen molar-refractivity contribution in [1.82, 2.24) is 19.7 Å². The van der Waals surface area contributed by atoms with Crippen LogP contribution in [0.15, 0.2) is 29.8 Å². The highest BCUT2D eigenvalue weighted by atomic mass is 32.2. The van der Waals surface area contributed by atoms with Crippen molar-refractivity contribution in [2.75, 3.05) is 5.43 Å². The fourth-order valence-corrected chi connectivity index (χ4v) is 2.03. The summed E-state index contributed by atoms with van der Waals surface area (Å²) in [5.74, 6) is 6.76. The molecular weight excluding hydrogens is 224 g/mol. The summed E-state index contributed by atoms with van der Waals surface area (Å²) >= 11 is 1.62. The van der Waals surface area contributed by atoms with Crippen molar-refractivity contribution < 1.29 is 0 Å². The number of hydrogen-bond acceptors (Lipinski definition) is 6. The van der Waals surface area contributed by atoms with E-state index in [-0.39, 0.29) is 0 Å². The van der Waals surface area contributed by atoms with E-state index in [1.807, 2.05) is 23.7 Å². The predicted molar refractivity (Wildman–Crippen MR) is 62.6 cm³/mol. The van der Waals surface area contributed by atoms with Crippen molar-refractivity contribution in [1.29, 1.82) is 0 Å². The number of nitrogen functional groups attached to an aromatic ring is 1. The maximum Gasteiger partial charge on any atom is 0.191 e. The quantitative estimate of drug-likeness (QED) is 0.464. The first-order chi connectivity index (χ1) is 7.79. The van der Waals surface area contributed by atoms with Crippen molar-refractivity contribution in [2.45, 2.75) is 10.9 Å². The Morgan fingerprint density at radius 1 is 1.56 bits per heavy atom. The lowest BCUT2D eigenvalue weighted by Gasteiger charge is -2.03. The number of pyridine rings is 1. The number of rotatable bonds is 4. The topological polar surface area (TPSA) is 81.7 Å². The molecule has 0 bridgehead atoms. The number of aromatic nitrogens is 4. The fourth-order valence-electron chi connectivity index (χ4n) is 1.19. The molecule has 2 rings (SSSR count). The smallest absolute Gasteiger partial charge is 0.191 e. The van der Waals surface area contributed by atoms with Crippen LogP contribution in [0.2, 0.25) is 0 Å². The molecule has 0 fully saturated rings. The van der Waals surface area contributed by atoms with E-state index in [9.17, 15) is 0 Å². The first kappa shape index (κ1) is 10.9. The lowest BCUT2D eigenvalue weighted by molar-refractivity contribution is 0.788. The third-order valence-electron chi connectivity index (χ3n) is 2.01. The van der Waals surface area contributed by atoms with Gasteiger partial charge in [0.05, 0.1) is 0 Å². The van der Waals surface area contributed by atoms with E-state index < -0.39 is 0 Å². The maximum atomic E-state index is 5.29. The van der Waals surface area contributed by atoms with E-state index in [0.29, 0.717) is 5.82 Å². The van der Waals surface area contributed by atoms with Gasteiger partial charge in [-0.2, -0.15) is 0 Å². The molecule has 0 unspecified atom stereocenters. The van der Waals surface area contributed by atoms with Crippen molar-refractivity contribution >= 4 is 17.6 Å². The average molecular weight is 236 g/mol. The van der Waals surface area contributed by atoms with Gasteiger partial charge in [-0.3, -0.25) is 0 Å². The Morgan fingerprint density at radius 3 is 3.12 bits per heavy atom. The molecule has 0 saturated carbocycles. The SMILES string of the molecule is Cn1cnnc1SCc1ccnc(NN)c1. The van der Waals surface area contributed by atoms with Crippen LogP contribution in [0.5, 0.6) is 0 Å². The van der Waals surface area contributed by atoms with E-state index in [1.165, 1.54) is 0 Å². The summed E-state index contributed by atoms with van der Waals surface area (Å²) in [4.78, 5) is 4.04. The Hall–Kier alpha value is -1.60. The lowest BCUT2D eigenvalue weighted by Crippen LogP contribution is -2.08. The summed E-state index contributed by atoms with van der Waals surface area (Å²) in [6.07, 6.45) is 3.41. The minimum atomic E-state index is 0.663. The van der Waals surface area contributed by atoms with Crippen molar-refractivity contribution in [3.05, 3.63) is 30.2 Å². The number of thioether (sulfide) groups is 1. The highest BCUT2D eigenvalue weighted by molar-refractivity contribution is 7.98. The third kappa shape index (κ3) is 2.50. The van der Waals surface area contributed by atoms with Crippen LogP contribution in [-0.4, -0.2) is 19.7 Å². The van der Waals surface area contributed by atoms with Gasteiger partial charge in [0.1, 0.15) is 12.1 Å². The van der Waals surface area contributed by atoms with Gasteiger partial charge < -0.3 is 9.99 Å². The second-order valence-corrected chi connectivity index (χ2v) is 4.15. The molecule has 0 atom stereocenters. The fraction of sp³-hybridized carbons (Fsp3) is 0.222. The number of hydrogen-bond donors (Lipinski definition) is 2. The molecule has 0 amide bonds. The maximum absolute atomic E-state index is 5.29. The minimum absolute atomic E-state index is 0.663. The molecule has 2 aromatic rings. The standard InChI is InChI=1S/C9H12N6S/c1-15-6-12-14-9(15)16-5-7-2-3-11-8(4-7)13-10/h2-4,6H,5,10H2,1H3,(H,11,13). The van der Waals surface area contributed by atoms with Gasteiger partial charge in [0, 0.05) is 19.0 Å². The molecular formula is C9H12N6S. The number of nitrogens with two attached hydrogens (primary N) is 1. The first-order valence-electron chi connectivity index (χ1n) is 4.68. The minimum Gasteiger partial charge on any atom is -0.312 e. The number of nitrogens with zero attached hydrogens (tertiary/aromatic N) is 4. The van der Waals surface area contributed by atoms with E-state index in [0.717, 1.165) is 16.5 Å². The molecule has 16 heavy (non-hydrogen) atoms. The normalized spacial score (nSPS) is 10.4. The first-order valence-corrected chi connectivity index (χ1v) is 5.66. The van der Waals surface area contributed by atoms with Gasteiger partial charge >= 0.3 is 0 Å². The predicted octanol–water partition coefficient (Wildman–Crippen LogP) is 0.788. The summed E-state index contributed by atoms with van der Waals surface area (Å²) in [5, 5.41) is 8.70. The van der Waals surface area contributed by atoms with Gasteiger partial charge in [-0.05, 0) is 17.7 Å². The number of nitrogens with one attached hydrogen (secondary N) is 1. The molecule has 0 radical (unpaired) electrons. The zero-order valence-corrected chi connectivity index (χ0v) is 9.61. The Labute approximate surface area is 97.2 Å². The summed E-state index contributed by atoms with van der Waals surface area (Å²) in [7, 11) is 1.92. The van der Waals surface area contributed by atoms with Crippen LogP contribution in [0.25, 0.3) is 0 Å². The highest BCUT2D eigenvalue weighted by Crippen LogP contribution is 2.20. The van der Waals surface area contributed by atoms with E-state index in [1.54, 1.807) is 24.3 Å². The lowest BCUT2D eigenvalue weighted by atomic mass is 10.3. The molecule has 84 valence electrons. The largest absolute Gasteiger partial charge is 0.312 e. The zero-order chi connectivity index (χ0) is 11.4. The third-order valence-corrected chi connectivity index (χ3v) is 3.12. The van der Waals surface area contributed by atoms with Crippen molar-refractivity contribution in [3.63, 3.8) is 0 Å². The molecule has 2 aromatic heterocycles. The van der Waals surface area contributed by atoms with E-state index in [4.69, 9.17) is 5.84 Å². The summed E-state index contributed by atoms with van der Waals surface area (Å²) < 4.78 is 1.88. The van der Waals surface area contributed by atoms with Crippen LogP contribution in [-0.2, 0) is 12.8 Å². The Balaban J connectivity index is 2.02. The highest BCUT2D eigenvalue weighted by Gasteiger charge is 2.02. The van der Waals surface area contributed by atoms with Crippen LogP contribution < -0.4 is 11.3 Å². The molecule has 6 nitrogen and oxygen atoms in total. The van der Waals surface area contributed by atoms with Crippen LogP contribution in [0, 0.1) is 0 Å². The Bertz CT molecular complexity index is 469. The molecule has 0 aromatic carbocycles. The second kappa shape index (κ2) is 4.95. The molecule has 0 aliphatic carbocycles. The molecule has 7 heteroatoms. The molecule has 0 saturated heterocycles. The van der Waals surface area contributed by atoms with Gasteiger partial charge in [0.25, 0.3) is 0 Å². The molecule has 0 aliphatic rings. The van der Waals surface area contributed by atoms with Crippen molar-refractivity contribution in [2.24, 2.45) is 12.9 Å². The van der Waals surface area contributed by atoms with Gasteiger partial charge in [0.15, 0.2) is 5.16 Å². The zero-order valence-electron chi connectivity index (χ0n) is 8.79. The van der Waals surface area contributed by atoms with Crippen LogP contribution in [0.4, 0.5) is 5.82 Å². The molecule has 2 heterocycles. The Kier molecular flexibility index (Phi) is 3.37. The van der Waals surface area contributed by atoms with Crippen molar-refractivity contribution in [3.8, 4) is 0 Å². The number of aryl methyl sites for hydroxylation is 1. The summed E-state index contributed by atoms with van der Waals surface area (Å²) in [5.41, 5.74) is 3.65. The Morgan fingerprint density at radius 2 is 2.44 bits per heavy atom. The van der Waals surface area contributed by atoms with Crippen LogP contribution in [0.3, 0.4) is 0 Å². The van der Waals surface area contributed by atoms with Gasteiger partial charge in [-0.15, -0.1) is 10.2 Å². The summed E-state index contributed by atoms with van der Waals surface area (Å²) in [6.45, 7) is 0. The molecule has 0 spiro atoms. The van der Waals surface area contributed by atoms with Gasteiger partial charge in [-0.25, -0.2) is 10.8 Å².